The summed E-state index contributed by atoms with van der Waals surface area (Å²) in [5.41, 5.74) is 0.322. The normalized spacial score (nSPS) is 10.5. The van der Waals surface area contributed by atoms with Crippen molar-refractivity contribution in [3.05, 3.63) is 45.7 Å². The Morgan fingerprint density at radius 3 is 2.50 bits per heavy atom. The maximum atomic E-state index is 12.0. The average Bonchev–Trinajstić information content (AvgIpc) is 2.46. The molecule has 0 spiro atoms. The number of rotatable bonds is 4. The van der Waals surface area contributed by atoms with E-state index in [2.05, 4.69) is 9.97 Å². The molecule has 0 fully saturated rings. The Morgan fingerprint density at radius 2 is 2.00 bits per heavy atom. The van der Waals surface area contributed by atoms with Crippen LogP contribution in [0.4, 0.5) is 0 Å². The molecule has 6 nitrogen and oxygen atoms in total. The second kappa shape index (κ2) is 6.45. The first-order chi connectivity index (χ1) is 10.4. The van der Waals surface area contributed by atoms with Crippen LogP contribution in [0.15, 0.2) is 34.2 Å². The Balaban J connectivity index is 2.57. The van der Waals surface area contributed by atoms with Crippen molar-refractivity contribution in [1.82, 2.24) is 9.97 Å². The minimum absolute atomic E-state index is 0.0869. The number of hydrogen-bond acceptors (Lipinski definition) is 5. The smallest absolute Gasteiger partial charge is 0.335 e. The number of nitriles is 1. The monoisotopic (exact) mass is 315 g/mol. The van der Waals surface area contributed by atoms with Gasteiger partial charge in [-0.15, -0.1) is 0 Å². The molecular weight excluding hydrogens is 302 g/mol. The Morgan fingerprint density at radius 1 is 1.36 bits per heavy atom. The summed E-state index contributed by atoms with van der Waals surface area (Å²) in [4.78, 5) is 29.8. The number of nitrogens with zero attached hydrogens (tertiary/aromatic N) is 2. The molecule has 0 aliphatic heterocycles. The van der Waals surface area contributed by atoms with Gasteiger partial charge in [-0.3, -0.25) is 4.79 Å². The van der Waals surface area contributed by atoms with Gasteiger partial charge in [-0.05, 0) is 12.1 Å². The van der Waals surface area contributed by atoms with Crippen molar-refractivity contribution in [3.8, 4) is 17.3 Å². The van der Waals surface area contributed by atoms with E-state index >= 15 is 0 Å². The largest absolute Gasteiger partial charge is 0.478 e. The zero-order valence-corrected chi connectivity index (χ0v) is 12.8. The minimum atomic E-state index is -1.04. The lowest BCUT2D eigenvalue weighted by Gasteiger charge is -2.08. The third-order valence-electron chi connectivity index (χ3n) is 2.76. The third kappa shape index (κ3) is 3.35. The molecule has 1 aromatic heterocycles. The molecule has 2 rings (SSSR count). The Labute approximate surface area is 130 Å². The van der Waals surface area contributed by atoms with E-state index in [0.717, 1.165) is 0 Å². The first-order valence-corrected chi connectivity index (χ1v) is 7.35. The third-order valence-corrected chi connectivity index (χ3v) is 3.65. The van der Waals surface area contributed by atoms with Crippen molar-refractivity contribution in [2.75, 3.05) is 0 Å². The number of benzene rings is 1. The lowest BCUT2D eigenvalue weighted by molar-refractivity contribution is 0.0697. The molecule has 2 aromatic rings. The van der Waals surface area contributed by atoms with Crippen LogP contribution in [0.25, 0.3) is 11.3 Å². The topological polar surface area (TPSA) is 107 Å². The van der Waals surface area contributed by atoms with Gasteiger partial charge in [-0.1, -0.05) is 37.7 Å². The second-order valence-electron chi connectivity index (χ2n) is 4.76. The van der Waals surface area contributed by atoms with Crippen molar-refractivity contribution in [2.45, 2.75) is 24.3 Å². The van der Waals surface area contributed by atoms with Crippen LogP contribution in [0, 0.1) is 11.3 Å². The number of nitrogens with one attached hydrogen (secondary N) is 1. The first kappa shape index (κ1) is 15.8. The molecule has 7 heteroatoms. The molecule has 0 bridgehead atoms. The highest BCUT2D eigenvalue weighted by atomic mass is 32.2. The summed E-state index contributed by atoms with van der Waals surface area (Å²) in [6.45, 7) is 3.92. The predicted molar refractivity (Wildman–Crippen MR) is 83.0 cm³/mol. The second-order valence-corrected chi connectivity index (χ2v) is 6.32. The fourth-order valence-electron chi connectivity index (χ4n) is 1.81. The summed E-state index contributed by atoms with van der Waals surface area (Å²) in [6, 6.07) is 7.75. The number of aromatic amines is 1. The van der Waals surface area contributed by atoms with Gasteiger partial charge in [0.1, 0.15) is 11.6 Å². The molecule has 0 saturated heterocycles. The van der Waals surface area contributed by atoms with Crippen LogP contribution in [0.2, 0.25) is 0 Å². The summed E-state index contributed by atoms with van der Waals surface area (Å²) >= 11 is 1.38. The number of hydrogen-bond donors (Lipinski definition) is 2. The van der Waals surface area contributed by atoms with Gasteiger partial charge < -0.3 is 10.1 Å². The Bertz CT molecular complexity index is 804. The van der Waals surface area contributed by atoms with Crippen LogP contribution in [0.5, 0.6) is 0 Å². The summed E-state index contributed by atoms with van der Waals surface area (Å²) in [5, 5.41) is 18.7. The van der Waals surface area contributed by atoms with Crippen molar-refractivity contribution >= 4 is 17.7 Å². The van der Waals surface area contributed by atoms with Gasteiger partial charge in [-0.25, -0.2) is 9.78 Å². The summed E-state index contributed by atoms with van der Waals surface area (Å²) in [7, 11) is 0. The number of aromatic nitrogens is 2. The lowest BCUT2D eigenvalue weighted by Crippen LogP contribution is -2.15. The Hall–Kier alpha value is -2.59. The van der Waals surface area contributed by atoms with Crippen LogP contribution in [-0.4, -0.2) is 26.3 Å². The van der Waals surface area contributed by atoms with Crippen LogP contribution in [0.3, 0.4) is 0 Å². The first-order valence-electron chi connectivity index (χ1n) is 6.47. The molecule has 0 atom stereocenters. The van der Waals surface area contributed by atoms with Gasteiger partial charge in [0.25, 0.3) is 5.56 Å². The molecule has 1 heterocycles. The van der Waals surface area contributed by atoms with Gasteiger partial charge in [0, 0.05) is 10.8 Å². The number of thioether (sulfide) groups is 1. The predicted octanol–water partition coefficient (Wildman–Crippen LogP) is 2.51. The van der Waals surface area contributed by atoms with E-state index in [-0.39, 0.29) is 22.1 Å². The molecule has 22 heavy (non-hydrogen) atoms. The van der Waals surface area contributed by atoms with Crippen LogP contribution in [0.1, 0.15) is 29.8 Å². The lowest BCUT2D eigenvalue weighted by atomic mass is 10.1. The van der Waals surface area contributed by atoms with Crippen LogP contribution in [-0.2, 0) is 0 Å². The molecule has 0 unspecified atom stereocenters. The van der Waals surface area contributed by atoms with Crippen molar-refractivity contribution < 1.29 is 9.90 Å². The molecule has 0 aliphatic carbocycles. The van der Waals surface area contributed by atoms with Gasteiger partial charge in [0.05, 0.1) is 11.3 Å². The van der Waals surface area contributed by atoms with Gasteiger partial charge in [0.15, 0.2) is 5.16 Å². The van der Waals surface area contributed by atoms with E-state index in [0.29, 0.717) is 10.7 Å². The molecule has 1 aromatic carbocycles. The molecular formula is C15H13N3O3S. The number of aromatic carboxylic acids is 1. The SMILES string of the molecule is CC(C)Sc1nc(-c2ccc(C(=O)O)cc2)c(C#N)c(=O)[nH]1. The van der Waals surface area contributed by atoms with Crippen LogP contribution >= 0.6 is 11.8 Å². The number of H-pyrrole nitrogens is 1. The number of carboxylic acids is 1. The van der Waals surface area contributed by atoms with E-state index in [4.69, 9.17) is 10.4 Å². The zero-order valence-electron chi connectivity index (χ0n) is 12.0. The van der Waals surface area contributed by atoms with Crippen molar-refractivity contribution in [3.63, 3.8) is 0 Å². The van der Waals surface area contributed by atoms with Gasteiger partial charge in [0.2, 0.25) is 0 Å². The standard InChI is InChI=1S/C15H13N3O3S/c1-8(2)22-15-17-12(11(7-16)13(19)18-15)9-3-5-10(6-4-9)14(20)21/h3-6,8H,1-2H3,(H,20,21)(H,17,18,19). The summed E-state index contributed by atoms with van der Waals surface area (Å²) < 4.78 is 0. The zero-order chi connectivity index (χ0) is 16.3. The minimum Gasteiger partial charge on any atom is -0.478 e. The van der Waals surface area contributed by atoms with E-state index < -0.39 is 11.5 Å². The van der Waals surface area contributed by atoms with E-state index in [1.165, 1.54) is 36.0 Å². The van der Waals surface area contributed by atoms with Gasteiger partial charge in [-0.2, -0.15) is 5.26 Å². The highest BCUT2D eigenvalue weighted by Gasteiger charge is 2.15. The Kier molecular flexibility index (Phi) is 4.63. The average molecular weight is 315 g/mol. The molecule has 0 aliphatic rings. The molecule has 0 amide bonds. The molecule has 0 saturated carbocycles. The quantitative estimate of drug-likeness (QED) is 0.663. The van der Waals surface area contributed by atoms with Crippen molar-refractivity contribution in [1.29, 1.82) is 5.26 Å². The molecule has 0 radical (unpaired) electrons. The highest BCUT2D eigenvalue weighted by Crippen LogP contribution is 2.24. The fraction of sp³-hybridized carbons (Fsp3) is 0.200. The number of carbonyl (C=O) groups is 1. The maximum absolute atomic E-state index is 12.0. The molecule has 2 N–H and O–H groups in total. The fourth-order valence-corrected chi connectivity index (χ4v) is 2.56. The molecule has 112 valence electrons. The van der Waals surface area contributed by atoms with E-state index in [1.54, 1.807) is 0 Å². The van der Waals surface area contributed by atoms with E-state index in [9.17, 15) is 9.59 Å². The number of carboxylic acid groups (broad SMARTS) is 1. The van der Waals surface area contributed by atoms with Crippen molar-refractivity contribution in [2.24, 2.45) is 0 Å². The summed E-state index contributed by atoms with van der Waals surface area (Å²) in [5.74, 6) is -1.04. The summed E-state index contributed by atoms with van der Waals surface area (Å²) in [6.07, 6.45) is 0. The van der Waals surface area contributed by atoms with Crippen LogP contribution < -0.4 is 5.56 Å². The van der Waals surface area contributed by atoms with E-state index in [1.807, 2.05) is 19.9 Å². The highest BCUT2D eigenvalue weighted by molar-refractivity contribution is 7.99. The van der Waals surface area contributed by atoms with Gasteiger partial charge >= 0.3 is 5.97 Å². The maximum Gasteiger partial charge on any atom is 0.335 e.